The van der Waals surface area contributed by atoms with Gasteiger partial charge in [0.15, 0.2) is 5.78 Å². The molecule has 15 heavy (non-hydrogen) atoms. The molecule has 4 heteroatoms. The van der Waals surface area contributed by atoms with Crippen molar-refractivity contribution in [2.75, 3.05) is 17.7 Å². The zero-order valence-corrected chi connectivity index (χ0v) is 8.95. The Morgan fingerprint density at radius 2 is 2.27 bits per heavy atom. The average molecular weight is 208 g/mol. The number of ketones is 1. The Hall–Kier alpha value is -1.55. The van der Waals surface area contributed by atoms with Gasteiger partial charge in [-0.25, -0.2) is 0 Å². The lowest BCUT2D eigenvalue weighted by molar-refractivity contribution is 0.101. The van der Waals surface area contributed by atoms with E-state index >= 15 is 0 Å². The fourth-order valence-corrected chi connectivity index (χ4v) is 1.28. The minimum Gasteiger partial charge on any atom is -0.398 e. The second-order valence-electron chi connectivity index (χ2n) is 3.59. The van der Waals surface area contributed by atoms with E-state index in [0.717, 1.165) is 5.69 Å². The molecule has 4 nitrogen and oxygen atoms in total. The summed E-state index contributed by atoms with van der Waals surface area (Å²) in [6.07, 6.45) is 0. The molecule has 1 atom stereocenters. The Morgan fingerprint density at radius 1 is 1.60 bits per heavy atom. The fraction of sp³-hybridized carbons (Fsp3) is 0.364. The molecule has 1 aromatic carbocycles. The van der Waals surface area contributed by atoms with Gasteiger partial charge in [0.1, 0.15) is 0 Å². The first kappa shape index (κ1) is 11.5. The van der Waals surface area contributed by atoms with Crippen molar-refractivity contribution in [3.8, 4) is 0 Å². The van der Waals surface area contributed by atoms with Crippen LogP contribution >= 0.6 is 0 Å². The number of aliphatic hydroxyl groups is 1. The summed E-state index contributed by atoms with van der Waals surface area (Å²) >= 11 is 0. The van der Waals surface area contributed by atoms with Crippen molar-refractivity contribution in [3.05, 3.63) is 23.8 Å². The Morgan fingerprint density at radius 3 is 2.80 bits per heavy atom. The van der Waals surface area contributed by atoms with Gasteiger partial charge in [-0.3, -0.25) is 4.79 Å². The predicted octanol–water partition coefficient (Wildman–Crippen LogP) is 1.26. The van der Waals surface area contributed by atoms with Crippen molar-refractivity contribution in [1.29, 1.82) is 0 Å². The quantitative estimate of drug-likeness (QED) is 0.514. The van der Waals surface area contributed by atoms with Gasteiger partial charge in [0.2, 0.25) is 0 Å². The Kier molecular flexibility index (Phi) is 3.68. The van der Waals surface area contributed by atoms with Gasteiger partial charge in [0.05, 0.1) is 6.61 Å². The molecule has 0 saturated heterocycles. The number of rotatable bonds is 4. The lowest BCUT2D eigenvalue weighted by atomic mass is 10.1. The molecule has 82 valence electrons. The van der Waals surface area contributed by atoms with E-state index in [9.17, 15) is 4.79 Å². The van der Waals surface area contributed by atoms with E-state index in [1.807, 2.05) is 6.92 Å². The first-order valence-electron chi connectivity index (χ1n) is 4.82. The number of carbonyl (C=O) groups is 1. The van der Waals surface area contributed by atoms with Crippen molar-refractivity contribution in [3.63, 3.8) is 0 Å². The number of aliphatic hydroxyl groups excluding tert-OH is 1. The van der Waals surface area contributed by atoms with Gasteiger partial charge in [-0.05, 0) is 32.0 Å². The summed E-state index contributed by atoms with van der Waals surface area (Å²) in [5.41, 5.74) is 7.42. The summed E-state index contributed by atoms with van der Waals surface area (Å²) in [6.45, 7) is 3.37. The van der Waals surface area contributed by atoms with E-state index in [1.165, 1.54) is 6.92 Å². The number of hydrogen-bond acceptors (Lipinski definition) is 4. The summed E-state index contributed by atoms with van der Waals surface area (Å²) in [6, 6.07) is 5.12. The number of nitrogen functional groups attached to an aromatic ring is 1. The third-order valence-corrected chi connectivity index (χ3v) is 2.12. The topological polar surface area (TPSA) is 75.3 Å². The van der Waals surface area contributed by atoms with Crippen LogP contribution in [0.2, 0.25) is 0 Å². The fourth-order valence-electron chi connectivity index (χ4n) is 1.28. The number of hydrogen-bond donors (Lipinski definition) is 3. The third kappa shape index (κ3) is 2.95. The van der Waals surface area contributed by atoms with Gasteiger partial charge in [0, 0.05) is 23.0 Å². The number of nitrogens with one attached hydrogen (secondary N) is 1. The van der Waals surface area contributed by atoms with Crippen molar-refractivity contribution in [2.24, 2.45) is 0 Å². The maximum absolute atomic E-state index is 11.2. The molecule has 1 rings (SSSR count). The molecule has 4 N–H and O–H groups in total. The van der Waals surface area contributed by atoms with Gasteiger partial charge in [-0.2, -0.15) is 0 Å². The molecule has 1 unspecified atom stereocenters. The van der Waals surface area contributed by atoms with Gasteiger partial charge in [-0.15, -0.1) is 0 Å². The standard InChI is InChI=1S/C11H16N2O2/c1-7(6-14)13-9-3-4-11(12)10(5-9)8(2)15/h3-5,7,13-14H,6,12H2,1-2H3. The van der Waals surface area contributed by atoms with Crippen LogP contribution in [-0.2, 0) is 0 Å². The lowest BCUT2D eigenvalue weighted by Gasteiger charge is -2.13. The predicted molar refractivity (Wildman–Crippen MR) is 61.0 cm³/mol. The number of anilines is 2. The first-order chi connectivity index (χ1) is 7.04. The van der Waals surface area contributed by atoms with E-state index in [1.54, 1.807) is 18.2 Å². The van der Waals surface area contributed by atoms with E-state index in [4.69, 9.17) is 10.8 Å². The van der Waals surface area contributed by atoms with Crippen LogP contribution in [0.4, 0.5) is 11.4 Å². The van der Waals surface area contributed by atoms with Crippen molar-refractivity contribution >= 4 is 17.2 Å². The molecule has 0 aromatic heterocycles. The second kappa shape index (κ2) is 4.79. The summed E-state index contributed by atoms with van der Waals surface area (Å²) < 4.78 is 0. The maximum Gasteiger partial charge on any atom is 0.161 e. The SMILES string of the molecule is CC(=O)c1cc(NC(C)CO)ccc1N. The Labute approximate surface area is 89.1 Å². The smallest absolute Gasteiger partial charge is 0.161 e. The van der Waals surface area contributed by atoms with E-state index < -0.39 is 0 Å². The second-order valence-corrected chi connectivity index (χ2v) is 3.59. The molecule has 0 spiro atoms. The van der Waals surface area contributed by atoms with Gasteiger partial charge >= 0.3 is 0 Å². The summed E-state index contributed by atoms with van der Waals surface area (Å²) in [4.78, 5) is 11.2. The highest BCUT2D eigenvalue weighted by Crippen LogP contribution is 2.18. The maximum atomic E-state index is 11.2. The van der Waals surface area contributed by atoms with E-state index in [2.05, 4.69) is 5.32 Å². The first-order valence-corrected chi connectivity index (χ1v) is 4.82. The van der Waals surface area contributed by atoms with Crippen LogP contribution in [0, 0.1) is 0 Å². The van der Waals surface area contributed by atoms with Gasteiger partial charge in [0.25, 0.3) is 0 Å². The minimum atomic E-state index is -0.0622. The zero-order chi connectivity index (χ0) is 11.4. The molecule has 0 aliphatic heterocycles. The number of nitrogens with two attached hydrogens (primary N) is 1. The normalized spacial score (nSPS) is 12.2. The minimum absolute atomic E-state index is 0.0414. The van der Waals surface area contributed by atoms with E-state index in [-0.39, 0.29) is 18.4 Å². The number of benzene rings is 1. The van der Waals surface area contributed by atoms with E-state index in [0.29, 0.717) is 11.3 Å². The van der Waals surface area contributed by atoms with Crippen molar-refractivity contribution < 1.29 is 9.90 Å². The molecule has 0 amide bonds. The Bertz CT molecular complexity index is 364. The molecule has 0 aliphatic rings. The molecule has 1 aromatic rings. The van der Waals surface area contributed by atoms with Crippen LogP contribution in [-0.4, -0.2) is 23.5 Å². The molecule has 0 heterocycles. The largest absolute Gasteiger partial charge is 0.398 e. The average Bonchev–Trinajstić information content (AvgIpc) is 2.20. The van der Waals surface area contributed by atoms with Crippen LogP contribution in [0.15, 0.2) is 18.2 Å². The van der Waals surface area contributed by atoms with Crippen molar-refractivity contribution in [1.82, 2.24) is 0 Å². The van der Waals surface area contributed by atoms with Crippen LogP contribution < -0.4 is 11.1 Å². The highest BCUT2D eigenvalue weighted by Gasteiger charge is 2.07. The molecular weight excluding hydrogens is 192 g/mol. The molecule has 0 aliphatic carbocycles. The summed E-state index contributed by atoms with van der Waals surface area (Å²) in [5, 5.41) is 11.9. The third-order valence-electron chi connectivity index (χ3n) is 2.12. The number of carbonyl (C=O) groups excluding carboxylic acids is 1. The molecule has 0 radical (unpaired) electrons. The molecular formula is C11H16N2O2. The van der Waals surface area contributed by atoms with Crippen LogP contribution in [0.5, 0.6) is 0 Å². The highest BCUT2D eigenvalue weighted by molar-refractivity contribution is 6.00. The molecule has 0 bridgehead atoms. The zero-order valence-electron chi connectivity index (χ0n) is 8.95. The highest BCUT2D eigenvalue weighted by atomic mass is 16.3. The Balaban J connectivity index is 2.92. The monoisotopic (exact) mass is 208 g/mol. The van der Waals surface area contributed by atoms with Gasteiger partial charge in [-0.1, -0.05) is 0 Å². The lowest BCUT2D eigenvalue weighted by Crippen LogP contribution is -2.19. The van der Waals surface area contributed by atoms with Gasteiger partial charge < -0.3 is 16.2 Å². The van der Waals surface area contributed by atoms with Crippen LogP contribution in [0.1, 0.15) is 24.2 Å². The summed E-state index contributed by atoms with van der Waals surface area (Å²) in [7, 11) is 0. The van der Waals surface area contributed by atoms with Crippen molar-refractivity contribution in [2.45, 2.75) is 19.9 Å². The van der Waals surface area contributed by atoms with Crippen LogP contribution in [0.3, 0.4) is 0 Å². The summed E-state index contributed by atoms with van der Waals surface area (Å²) in [5.74, 6) is -0.0622. The number of Topliss-reactive ketones (excluding diaryl/α,β-unsaturated/α-hetero) is 1. The van der Waals surface area contributed by atoms with Crippen LogP contribution in [0.25, 0.3) is 0 Å². The molecule has 0 fully saturated rings. The molecule has 0 saturated carbocycles.